The molecule has 0 spiro atoms. The van der Waals surface area contributed by atoms with Crippen LogP contribution >= 0.6 is 11.6 Å². The summed E-state index contributed by atoms with van der Waals surface area (Å²) in [4.78, 5) is 0. The molecule has 0 saturated carbocycles. The summed E-state index contributed by atoms with van der Waals surface area (Å²) < 4.78 is 5.06. The van der Waals surface area contributed by atoms with Gasteiger partial charge in [-0.25, -0.2) is 0 Å². The van der Waals surface area contributed by atoms with Crippen LogP contribution in [0.3, 0.4) is 0 Å². The first kappa shape index (κ1) is 11.0. The standard InChI is InChI=1S/C6H11ClO2.C2H4/c7-4-5-2-1-3-6(8)9-5;1-2/h5-6,8H,1-4H2;1-2H2/t5-,6?;/m0./s1. The van der Waals surface area contributed by atoms with Gasteiger partial charge in [-0.05, 0) is 19.3 Å². The smallest absolute Gasteiger partial charge is 0.154 e. The maximum Gasteiger partial charge on any atom is 0.154 e. The van der Waals surface area contributed by atoms with E-state index in [1.807, 2.05) is 0 Å². The van der Waals surface area contributed by atoms with Gasteiger partial charge in [0.25, 0.3) is 0 Å². The molecule has 2 nitrogen and oxygen atoms in total. The Labute approximate surface area is 72.8 Å². The Morgan fingerprint density at radius 3 is 2.45 bits per heavy atom. The van der Waals surface area contributed by atoms with E-state index in [4.69, 9.17) is 21.4 Å². The van der Waals surface area contributed by atoms with Gasteiger partial charge in [0.05, 0.1) is 6.10 Å². The molecule has 0 aromatic rings. The van der Waals surface area contributed by atoms with Crippen LogP contribution in [0.5, 0.6) is 0 Å². The van der Waals surface area contributed by atoms with E-state index in [2.05, 4.69) is 13.2 Å². The van der Waals surface area contributed by atoms with Crippen LogP contribution < -0.4 is 0 Å². The summed E-state index contributed by atoms with van der Waals surface area (Å²) in [5, 5.41) is 8.93. The Morgan fingerprint density at radius 2 is 2.09 bits per heavy atom. The third kappa shape index (κ3) is 4.40. The molecule has 0 bridgehead atoms. The molecule has 1 saturated heterocycles. The summed E-state index contributed by atoms with van der Waals surface area (Å²) >= 11 is 5.51. The fourth-order valence-electron chi connectivity index (χ4n) is 0.992. The summed E-state index contributed by atoms with van der Waals surface area (Å²) in [6.07, 6.45) is 2.28. The molecule has 1 rings (SSSR count). The zero-order valence-electron chi connectivity index (χ0n) is 6.63. The van der Waals surface area contributed by atoms with Crippen molar-refractivity contribution in [3.8, 4) is 0 Å². The second-order valence-corrected chi connectivity index (χ2v) is 2.61. The van der Waals surface area contributed by atoms with Gasteiger partial charge in [-0.2, -0.15) is 0 Å². The summed E-state index contributed by atoms with van der Waals surface area (Å²) in [6, 6.07) is 0. The number of hydrogen-bond acceptors (Lipinski definition) is 2. The highest BCUT2D eigenvalue weighted by molar-refractivity contribution is 6.18. The van der Waals surface area contributed by atoms with Crippen molar-refractivity contribution in [1.82, 2.24) is 0 Å². The van der Waals surface area contributed by atoms with Crippen molar-refractivity contribution < 1.29 is 9.84 Å². The minimum absolute atomic E-state index is 0.0791. The van der Waals surface area contributed by atoms with Crippen LogP contribution in [-0.2, 0) is 4.74 Å². The van der Waals surface area contributed by atoms with Gasteiger partial charge in [0.15, 0.2) is 6.29 Å². The highest BCUT2D eigenvalue weighted by atomic mass is 35.5. The number of aliphatic hydroxyl groups is 1. The van der Waals surface area contributed by atoms with Crippen molar-refractivity contribution >= 4 is 11.6 Å². The van der Waals surface area contributed by atoms with E-state index in [1.54, 1.807) is 0 Å². The van der Waals surface area contributed by atoms with Crippen LogP contribution in [0.25, 0.3) is 0 Å². The van der Waals surface area contributed by atoms with Gasteiger partial charge in [-0.1, -0.05) is 0 Å². The van der Waals surface area contributed by atoms with Gasteiger partial charge in [-0.15, -0.1) is 24.8 Å². The Bertz CT molecular complexity index is 98.1. The van der Waals surface area contributed by atoms with E-state index >= 15 is 0 Å². The minimum atomic E-state index is -0.567. The number of rotatable bonds is 1. The fraction of sp³-hybridized carbons (Fsp3) is 0.750. The summed E-state index contributed by atoms with van der Waals surface area (Å²) in [7, 11) is 0. The molecular formula is C8H15ClO2. The highest BCUT2D eigenvalue weighted by Crippen LogP contribution is 2.17. The van der Waals surface area contributed by atoms with Crippen LogP contribution in [0.2, 0.25) is 0 Å². The maximum atomic E-state index is 8.93. The molecule has 66 valence electrons. The third-order valence-electron chi connectivity index (χ3n) is 1.50. The summed E-state index contributed by atoms with van der Waals surface area (Å²) in [5.74, 6) is 0.497. The van der Waals surface area contributed by atoms with Gasteiger partial charge >= 0.3 is 0 Å². The molecule has 0 amide bonds. The van der Waals surface area contributed by atoms with E-state index < -0.39 is 6.29 Å². The lowest BCUT2D eigenvalue weighted by Crippen LogP contribution is -2.28. The maximum absolute atomic E-state index is 8.93. The lowest BCUT2D eigenvalue weighted by molar-refractivity contribution is -0.155. The molecular weight excluding hydrogens is 164 g/mol. The molecule has 1 fully saturated rings. The lowest BCUT2D eigenvalue weighted by Gasteiger charge is -2.24. The van der Waals surface area contributed by atoms with Crippen LogP contribution in [0, 0.1) is 0 Å². The predicted octanol–water partition coefficient (Wildman–Crippen LogP) is 1.91. The van der Waals surface area contributed by atoms with Crippen LogP contribution in [0.4, 0.5) is 0 Å². The quantitative estimate of drug-likeness (QED) is 0.491. The molecule has 1 heterocycles. The van der Waals surface area contributed by atoms with Gasteiger partial charge < -0.3 is 9.84 Å². The van der Waals surface area contributed by atoms with Gasteiger partial charge in [0.1, 0.15) is 0 Å². The third-order valence-corrected chi connectivity index (χ3v) is 1.84. The zero-order valence-corrected chi connectivity index (χ0v) is 7.39. The molecule has 2 atom stereocenters. The molecule has 0 aromatic heterocycles. The Morgan fingerprint density at radius 1 is 1.45 bits per heavy atom. The fourth-order valence-corrected chi connectivity index (χ4v) is 1.22. The lowest BCUT2D eigenvalue weighted by atomic mass is 10.1. The first-order chi connectivity index (χ1) is 5.33. The highest BCUT2D eigenvalue weighted by Gasteiger charge is 2.18. The first-order valence-electron chi connectivity index (χ1n) is 3.72. The number of alkyl halides is 1. The summed E-state index contributed by atoms with van der Waals surface area (Å²) in [5.41, 5.74) is 0. The summed E-state index contributed by atoms with van der Waals surface area (Å²) in [6.45, 7) is 6.00. The van der Waals surface area contributed by atoms with Crippen LogP contribution in [-0.4, -0.2) is 23.4 Å². The number of hydrogen-bond donors (Lipinski definition) is 1. The van der Waals surface area contributed by atoms with Gasteiger partial charge in [-0.3, -0.25) is 0 Å². The Hall–Kier alpha value is -0.0500. The first-order valence-corrected chi connectivity index (χ1v) is 4.26. The molecule has 11 heavy (non-hydrogen) atoms. The van der Waals surface area contributed by atoms with Gasteiger partial charge in [0.2, 0.25) is 0 Å². The molecule has 0 aromatic carbocycles. The SMILES string of the molecule is C=C.OC1CCC[C@@H](CCl)O1. The molecule has 3 heteroatoms. The molecule has 1 aliphatic heterocycles. The van der Waals surface area contributed by atoms with Gasteiger partial charge in [0, 0.05) is 5.88 Å². The Kier molecular flexibility index (Phi) is 6.62. The zero-order chi connectivity index (χ0) is 8.69. The molecule has 1 aliphatic rings. The second-order valence-electron chi connectivity index (χ2n) is 2.30. The molecule has 1 N–H and O–H groups in total. The van der Waals surface area contributed by atoms with Crippen molar-refractivity contribution in [1.29, 1.82) is 0 Å². The average molecular weight is 179 g/mol. The van der Waals surface area contributed by atoms with E-state index in [0.717, 1.165) is 19.3 Å². The predicted molar refractivity (Wildman–Crippen MR) is 46.7 cm³/mol. The van der Waals surface area contributed by atoms with E-state index in [9.17, 15) is 0 Å². The van der Waals surface area contributed by atoms with Crippen molar-refractivity contribution in [2.24, 2.45) is 0 Å². The minimum Gasteiger partial charge on any atom is -0.368 e. The molecule has 0 aliphatic carbocycles. The van der Waals surface area contributed by atoms with E-state index in [1.165, 1.54) is 0 Å². The number of halogens is 1. The monoisotopic (exact) mass is 178 g/mol. The van der Waals surface area contributed by atoms with Crippen LogP contribution in [0.15, 0.2) is 13.2 Å². The number of ether oxygens (including phenoxy) is 1. The van der Waals surface area contributed by atoms with Crippen molar-refractivity contribution in [2.45, 2.75) is 31.7 Å². The normalized spacial score (nSPS) is 30.4. The van der Waals surface area contributed by atoms with E-state index in [-0.39, 0.29) is 6.10 Å². The van der Waals surface area contributed by atoms with Crippen molar-refractivity contribution in [2.75, 3.05) is 5.88 Å². The van der Waals surface area contributed by atoms with Crippen molar-refractivity contribution in [3.05, 3.63) is 13.2 Å². The molecule has 0 radical (unpaired) electrons. The van der Waals surface area contributed by atoms with Crippen molar-refractivity contribution in [3.63, 3.8) is 0 Å². The largest absolute Gasteiger partial charge is 0.368 e. The Balaban J connectivity index is 0.000000461. The van der Waals surface area contributed by atoms with Crippen LogP contribution in [0.1, 0.15) is 19.3 Å². The average Bonchev–Trinajstić information content (AvgIpc) is 2.08. The second kappa shape index (κ2) is 6.65. The van der Waals surface area contributed by atoms with E-state index in [0.29, 0.717) is 5.88 Å². The number of aliphatic hydroxyl groups excluding tert-OH is 1. The topological polar surface area (TPSA) is 29.5 Å². The molecule has 1 unspecified atom stereocenters.